The zero-order valence-electron chi connectivity index (χ0n) is 8.42. The molecular formula is C10H3F5N2O. The molecule has 0 amide bonds. The molecular weight excluding hydrogens is 259 g/mol. The van der Waals surface area contributed by atoms with E-state index in [1.165, 1.54) is 6.07 Å². The minimum Gasteiger partial charge on any atom is -0.424 e. The minimum absolute atomic E-state index is 0.0609. The lowest BCUT2D eigenvalue weighted by atomic mass is 10.1. The van der Waals surface area contributed by atoms with E-state index in [9.17, 15) is 22.0 Å². The van der Waals surface area contributed by atoms with Gasteiger partial charge in [0, 0.05) is 0 Å². The van der Waals surface area contributed by atoms with Crippen LogP contribution in [0.1, 0.15) is 11.1 Å². The van der Waals surface area contributed by atoms with Crippen LogP contribution in [0, 0.1) is 22.7 Å². The van der Waals surface area contributed by atoms with Crippen molar-refractivity contribution in [1.82, 2.24) is 0 Å². The Morgan fingerprint density at radius 1 is 1.00 bits per heavy atom. The largest absolute Gasteiger partial charge is 0.499 e. The highest BCUT2D eigenvalue weighted by Crippen LogP contribution is 2.38. The molecule has 1 aromatic carbocycles. The Hall–Kier alpha value is -2.35. The number of nitrogens with zero attached hydrogens (tertiary/aromatic N) is 2. The predicted octanol–water partition coefficient (Wildman–Crippen LogP) is 2.96. The van der Waals surface area contributed by atoms with E-state index in [1.807, 2.05) is 0 Å². The third kappa shape index (κ3) is 2.66. The third-order valence-corrected chi connectivity index (χ3v) is 1.80. The Bertz CT molecular complexity index is 539. The highest BCUT2D eigenvalue weighted by molar-refractivity contribution is 5.48. The summed E-state index contributed by atoms with van der Waals surface area (Å²) < 4.78 is 64.4. The van der Waals surface area contributed by atoms with Gasteiger partial charge in [-0.25, -0.2) is 0 Å². The molecule has 18 heavy (non-hydrogen) atoms. The number of hydrogen-bond donors (Lipinski definition) is 0. The number of benzene rings is 1. The maximum absolute atomic E-state index is 12.6. The van der Waals surface area contributed by atoms with Crippen molar-refractivity contribution in [2.24, 2.45) is 0 Å². The molecule has 0 radical (unpaired) electrons. The van der Waals surface area contributed by atoms with Crippen LogP contribution in [0.25, 0.3) is 0 Å². The van der Waals surface area contributed by atoms with Crippen LogP contribution in [0.5, 0.6) is 5.75 Å². The van der Waals surface area contributed by atoms with Gasteiger partial charge in [-0.2, -0.15) is 32.5 Å². The molecule has 0 atom stereocenters. The molecule has 94 valence electrons. The summed E-state index contributed by atoms with van der Waals surface area (Å²) in [5.74, 6) is -0.946. The normalized spacial score (nSPS) is 11.5. The summed E-state index contributed by atoms with van der Waals surface area (Å²) in [6.45, 7) is 0. The zero-order valence-corrected chi connectivity index (χ0v) is 8.42. The van der Waals surface area contributed by atoms with Crippen molar-refractivity contribution in [2.45, 2.75) is 12.3 Å². The van der Waals surface area contributed by atoms with E-state index in [0.29, 0.717) is 6.07 Å². The minimum atomic E-state index is -5.90. The van der Waals surface area contributed by atoms with E-state index in [1.54, 1.807) is 6.07 Å². The molecule has 0 heterocycles. The van der Waals surface area contributed by atoms with Crippen LogP contribution in [-0.2, 0) is 0 Å². The van der Waals surface area contributed by atoms with E-state index in [4.69, 9.17) is 10.5 Å². The van der Waals surface area contributed by atoms with Gasteiger partial charge in [-0.05, 0) is 18.2 Å². The Balaban J connectivity index is 3.14. The van der Waals surface area contributed by atoms with Gasteiger partial charge in [0.15, 0.2) is 0 Å². The fourth-order valence-electron chi connectivity index (χ4n) is 0.972. The summed E-state index contributed by atoms with van der Waals surface area (Å²) in [6.07, 6.45) is -11.3. The number of nitriles is 2. The summed E-state index contributed by atoms with van der Waals surface area (Å²) in [7, 11) is 0. The lowest BCUT2D eigenvalue weighted by molar-refractivity contribution is -0.360. The average Bonchev–Trinajstić information content (AvgIpc) is 2.27. The smallest absolute Gasteiger partial charge is 0.424 e. The predicted molar refractivity (Wildman–Crippen MR) is 47.5 cm³/mol. The first-order valence-corrected chi connectivity index (χ1v) is 4.29. The van der Waals surface area contributed by atoms with Crippen molar-refractivity contribution >= 4 is 0 Å². The number of hydrogen-bond acceptors (Lipinski definition) is 3. The van der Waals surface area contributed by atoms with E-state index in [-0.39, 0.29) is 5.56 Å². The third-order valence-electron chi connectivity index (χ3n) is 1.80. The van der Waals surface area contributed by atoms with Gasteiger partial charge in [-0.3, -0.25) is 0 Å². The van der Waals surface area contributed by atoms with Gasteiger partial charge in [0.25, 0.3) is 0 Å². The summed E-state index contributed by atoms with van der Waals surface area (Å²) in [5, 5.41) is 17.1. The monoisotopic (exact) mass is 262 g/mol. The molecule has 0 aromatic heterocycles. The fraction of sp³-hybridized carbons (Fsp3) is 0.200. The Kier molecular flexibility index (Phi) is 3.42. The maximum Gasteiger partial charge on any atom is 0.499 e. The van der Waals surface area contributed by atoms with Crippen LogP contribution in [0.15, 0.2) is 18.2 Å². The van der Waals surface area contributed by atoms with E-state index < -0.39 is 23.6 Å². The van der Waals surface area contributed by atoms with Gasteiger partial charge < -0.3 is 4.74 Å². The van der Waals surface area contributed by atoms with Crippen LogP contribution in [0.2, 0.25) is 0 Å². The van der Waals surface area contributed by atoms with E-state index in [2.05, 4.69) is 4.74 Å². The summed E-state index contributed by atoms with van der Waals surface area (Å²) in [4.78, 5) is 0. The molecule has 0 saturated heterocycles. The quantitative estimate of drug-likeness (QED) is 0.770. The Morgan fingerprint density at radius 2 is 1.61 bits per heavy atom. The van der Waals surface area contributed by atoms with Gasteiger partial charge in [-0.15, -0.1) is 0 Å². The molecule has 0 aliphatic heterocycles. The number of ether oxygens (including phenoxy) is 1. The highest BCUT2D eigenvalue weighted by Gasteiger charge is 2.61. The van der Waals surface area contributed by atoms with Gasteiger partial charge in [-0.1, -0.05) is 0 Å². The molecule has 8 heteroatoms. The second kappa shape index (κ2) is 4.49. The molecule has 0 aliphatic rings. The zero-order chi connectivity index (χ0) is 14.0. The average molecular weight is 262 g/mol. The van der Waals surface area contributed by atoms with Crippen molar-refractivity contribution < 1.29 is 26.7 Å². The number of rotatable bonds is 2. The van der Waals surface area contributed by atoms with Gasteiger partial charge in [0.05, 0.1) is 17.2 Å². The first kappa shape index (κ1) is 13.7. The standard InChI is InChI=1S/C10H3F5N2O/c11-9(12,13)10(14,15)18-8-2-1-6(4-16)3-7(8)5-17/h1-3H. The molecule has 3 nitrogen and oxygen atoms in total. The lowest BCUT2D eigenvalue weighted by Crippen LogP contribution is -2.42. The molecule has 0 N–H and O–H groups in total. The van der Waals surface area contributed by atoms with Crippen molar-refractivity contribution in [1.29, 1.82) is 10.5 Å². The SMILES string of the molecule is N#Cc1ccc(OC(F)(F)C(F)(F)F)c(C#N)c1. The molecule has 1 aromatic rings. The summed E-state index contributed by atoms with van der Waals surface area (Å²) >= 11 is 0. The van der Waals surface area contributed by atoms with E-state index >= 15 is 0 Å². The molecule has 0 bridgehead atoms. The lowest BCUT2D eigenvalue weighted by Gasteiger charge is -2.20. The summed E-state index contributed by atoms with van der Waals surface area (Å²) in [5.41, 5.74) is -0.646. The molecule has 0 unspecified atom stereocenters. The summed E-state index contributed by atoms with van der Waals surface area (Å²) in [6, 6.07) is 5.49. The first-order valence-electron chi connectivity index (χ1n) is 4.29. The van der Waals surface area contributed by atoms with Crippen molar-refractivity contribution in [3.63, 3.8) is 0 Å². The van der Waals surface area contributed by atoms with Gasteiger partial charge >= 0.3 is 12.3 Å². The Morgan fingerprint density at radius 3 is 2.06 bits per heavy atom. The van der Waals surface area contributed by atoms with Gasteiger partial charge in [0.2, 0.25) is 0 Å². The van der Waals surface area contributed by atoms with Crippen LogP contribution in [0.3, 0.4) is 0 Å². The number of halogens is 5. The molecule has 0 spiro atoms. The molecule has 1 rings (SSSR count). The van der Waals surface area contributed by atoms with E-state index in [0.717, 1.165) is 12.1 Å². The van der Waals surface area contributed by atoms with Crippen molar-refractivity contribution in [3.8, 4) is 17.9 Å². The first-order chi connectivity index (χ1) is 8.21. The number of alkyl halides is 5. The van der Waals surface area contributed by atoms with Crippen LogP contribution < -0.4 is 4.74 Å². The maximum atomic E-state index is 12.6. The topological polar surface area (TPSA) is 56.8 Å². The molecule has 0 aliphatic carbocycles. The molecule has 0 fully saturated rings. The molecule has 0 saturated carbocycles. The van der Waals surface area contributed by atoms with Crippen LogP contribution in [0.4, 0.5) is 22.0 Å². The fourth-order valence-corrected chi connectivity index (χ4v) is 0.972. The van der Waals surface area contributed by atoms with Crippen molar-refractivity contribution in [3.05, 3.63) is 29.3 Å². The second-order valence-electron chi connectivity index (χ2n) is 3.05. The van der Waals surface area contributed by atoms with Gasteiger partial charge in [0.1, 0.15) is 11.8 Å². The second-order valence-corrected chi connectivity index (χ2v) is 3.05. The van der Waals surface area contributed by atoms with Crippen LogP contribution >= 0.6 is 0 Å². The Labute approximate surface area is 97.6 Å². The highest BCUT2D eigenvalue weighted by atomic mass is 19.4. The van der Waals surface area contributed by atoms with Crippen molar-refractivity contribution in [2.75, 3.05) is 0 Å². The van der Waals surface area contributed by atoms with Crippen LogP contribution in [-0.4, -0.2) is 12.3 Å².